The minimum Gasteiger partial charge on any atom is -0.389 e. The van der Waals surface area contributed by atoms with E-state index in [2.05, 4.69) is 5.10 Å². The van der Waals surface area contributed by atoms with Gasteiger partial charge < -0.3 is 10.8 Å². The minimum atomic E-state index is -0.814. The third-order valence-electron chi connectivity index (χ3n) is 2.64. The second-order valence-corrected chi connectivity index (χ2v) is 4.63. The zero-order valence-electron chi connectivity index (χ0n) is 9.99. The summed E-state index contributed by atoms with van der Waals surface area (Å²) in [6.07, 6.45) is 0.617. The maximum atomic E-state index is 9.89. The van der Waals surface area contributed by atoms with Gasteiger partial charge in [-0.3, -0.25) is 4.68 Å². The molecule has 3 N–H and O–H groups in total. The Morgan fingerprint density at radius 1 is 1.60 bits per heavy atom. The van der Waals surface area contributed by atoms with Gasteiger partial charge in [-0.25, -0.2) is 0 Å². The van der Waals surface area contributed by atoms with Crippen LogP contribution in [0.25, 0.3) is 0 Å². The van der Waals surface area contributed by atoms with Crippen LogP contribution in [0.5, 0.6) is 0 Å². The van der Waals surface area contributed by atoms with Crippen molar-refractivity contribution in [2.24, 2.45) is 5.73 Å². The van der Waals surface area contributed by atoms with E-state index in [1.54, 1.807) is 6.92 Å². The van der Waals surface area contributed by atoms with Crippen LogP contribution in [0.15, 0.2) is 6.07 Å². The van der Waals surface area contributed by atoms with Gasteiger partial charge in [0, 0.05) is 12.2 Å². The molecule has 1 aromatic rings. The van der Waals surface area contributed by atoms with Gasteiger partial charge in [0.2, 0.25) is 0 Å². The first-order chi connectivity index (χ1) is 6.85. The number of aromatic nitrogens is 2. The normalized spacial score (nSPS) is 17.5. The molecule has 0 aromatic carbocycles. The van der Waals surface area contributed by atoms with Crippen LogP contribution in [0.1, 0.15) is 37.7 Å². The van der Waals surface area contributed by atoms with Crippen LogP contribution in [-0.2, 0) is 0 Å². The first-order valence-electron chi connectivity index (χ1n) is 5.31. The summed E-state index contributed by atoms with van der Waals surface area (Å²) in [5.74, 6) is 0. The number of aliphatic hydroxyl groups is 1. The van der Waals surface area contributed by atoms with Gasteiger partial charge in [0.25, 0.3) is 0 Å². The molecule has 0 spiro atoms. The summed E-state index contributed by atoms with van der Waals surface area (Å²) >= 11 is 0. The van der Waals surface area contributed by atoms with Crippen LogP contribution in [0, 0.1) is 13.8 Å². The van der Waals surface area contributed by atoms with E-state index in [4.69, 9.17) is 5.73 Å². The summed E-state index contributed by atoms with van der Waals surface area (Å²) in [6, 6.07) is 2.20. The average Bonchev–Trinajstić information content (AvgIpc) is 2.45. The standard InChI is InChI=1S/C11H21N3O/c1-8-5-9(2)14(13-8)10(3)6-11(4,15)7-12/h5,10,15H,6-7,12H2,1-4H3. The monoisotopic (exact) mass is 211 g/mol. The Labute approximate surface area is 91.1 Å². The fourth-order valence-electron chi connectivity index (χ4n) is 1.90. The Balaban J connectivity index is 2.77. The van der Waals surface area contributed by atoms with E-state index < -0.39 is 5.60 Å². The summed E-state index contributed by atoms with van der Waals surface area (Å²) in [4.78, 5) is 0. The van der Waals surface area contributed by atoms with Crippen LogP contribution in [0.3, 0.4) is 0 Å². The molecule has 2 unspecified atom stereocenters. The van der Waals surface area contributed by atoms with E-state index in [-0.39, 0.29) is 12.6 Å². The van der Waals surface area contributed by atoms with Crippen molar-refractivity contribution < 1.29 is 5.11 Å². The predicted molar refractivity (Wildman–Crippen MR) is 60.7 cm³/mol. The second kappa shape index (κ2) is 4.33. The molecule has 86 valence electrons. The van der Waals surface area contributed by atoms with E-state index in [9.17, 15) is 5.11 Å². The highest BCUT2D eigenvalue weighted by Crippen LogP contribution is 2.21. The van der Waals surface area contributed by atoms with Gasteiger partial charge in [-0.2, -0.15) is 5.10 Å². The zero-order chi connectivity index (χ0) is 11.6. The number of hydrogen-bond donors (Lipinski definition) is 2. The molecule has 0 amide bonds. The number of nitrogens with zero attached hydrogens (tertiary/aromatic N) is 2. The van der Waals surface area contributed by atoms with Crippen LogP contribution in [0.4, 0.5) is 0 Å². The lowest BCUT2D eigenvalue weighted by molar-refractivity contribution is 0.0446. The van der Waals surface area contributed by atoms with E-state index in [0.29, 0.717) is 6.42 Å². The van der Waals surface area contributed by atoms with Gasteiger partial charge in [0.15, 0.2) is 0 Å². The Morgan fingerprint density at radius 3 is 2.60 bits per heavy atom. The SMILES string of the molecule is Cc1cc(C)n(C(C)CC(C)(O)CN)n1. The number of rotatable bonds is 4. The van der Waals surface area contributed by atoms with E-state index >= 15 is 0 Å². The molecule has 1 rings (SSSR count). The molecular formula is C11H21N3O. The Bertz CT molecular complexity index is 331. The van der Waals surface area contributed by atoms with E-state index in [1.165, 1.54) is 0 Å². The molecule has 1 heterocycles. The molecule has 2 atom stereocenters. The molecule has 0 aliphatic carbocycles. The van der Waals surface area contributed by atoms with Crippen molar-refractivity contribution >= 4 is 0 Å². The summed E-state index contributed by atoms with van der Waals surface area (Å²) < 4.78 is 1.94. The van der Waals surface area contributed by atoms with Crippen LogP contribution < -0.4 is 5.73 Å². The second-order valence-electron chi connectivity index (χ2n) is 4.63. The van der Waals surface area contributed by atoms with Crippen molar-refractivity contribution in [1.29, 1.82) is 0 Å². The minimum absolute atomic E-state index is 0.164. The fraction of sp³-hybridized carbons (Fsp3) is 0.727. The van der Waals surface area contributed by atoms with Gasteiger partial charge in [0.1, 0.15) is 0 Å². The number of nitrogens with two attached hydrogens (primary N) is 1. The van der Waals surface area contributed by atoms with Crippen molar-refractivity contribution in [3.63, 3.8) is 0 Å². The van der Waals surface area contributed by atoms with Crippen molar-refractivity contribution in [2.75, 3.05) is 6.54 Å². The van der Waals surface area contributed by atoms with E-state index in [1.807, 2.05) is 31.5 Å². The highest BCUT2D eigenvalue weighted by atomic mass is 16.3. The van der Waals surface area contributed by atoms with Crippen molar-refractivity contribution in [2.45, 2.75) is 45.8 Å². The first kappa shape index (κ1) is 12.2. The summed E-state index contributed by atoms with van der Waals surface area (Å²) in [6.45, 7) is 8.07. The molecule has 1 aromatic heterocycles. The maximum absolute atomic E-state index is 9.89. The largest absolute Gasteiger partial charge is 0.389 e. The third kappa shape index (κ3) is 3.04. The summed E-state index contributed by atoms with van der Waals surface area (Å²) in [5.41, 5.74) is 6.81. The fourth-order valence-corrected chi connectivity index (χ4v) is 1.90. The average molecular weight is 211 g/mol. The molecule has 0 bridgehead atoms. The molecule has 0 fully saturated rings. The quantitative estimate of drug-likeness (QED) is 0.785. The number of hydrogen-bond acceptors (Lipinski definition) is 3. The van der Waals surface area contributed by atoms with E-state index in [0.717, 1.165) is 11.4 Å². The Morgan fingerprint density at radius 2 is 2.20 bits per heavy atom. The van der Waals surface area contributed by atoms with Gasteiger partial charge >= 0.3 is 0 Å². The molecule has 0 saturated heterocycles. The van der Waals surface area contributed by atoms with Gasteiger partial charge in [-0.15, -0.1) is 0 Å². The lowest BCUT2D eigenvalue weighted by atomic mass is 9.98. The van der Waals surface area contributed by atoms with Crippen LogP contribution in [0.2, 0.25) is 0 Å². The molecule has 15 heavy (non-hydrogen) atoms. The smallest absolute Gasteiger partial charge is 0.0761 e. The molecule has 0 aliphatic rings. The predicted octanol–water partition coefficient (Wildman–Crippen LogP) is 1.16. The Hall–Kier alpha value is -0.870. The lowest BCUT2D eigenvalue weighted by Gasteiger charge is -2.25. The lowest BCUT2D eigenvalue weighted by Crippen LogP contribution is -2.36. The van der Waals surface area contributed by atoms with Crippen molar-refractivity contribution in [3.05, 3.63) is 17.5 Å². The summed E-state index contributed by atoms with van der Waals surface area (Å²) in [5, 5.41) is 14.3. The van der Waals surface area contributed by atoms with Crippen molar-refractivity contribution in [3.8, 4) is 0 Å². The molecule has 0 aliphatic heterocycles. The van der Waals surface area contributed by atoms with Gasteiger partial charge in [0.05, 0.1) is 17.3 Å². The topological polar surface area (TPSA) is 64.1 Å². The number of aryl methyl sites for hydroxylation is 2. The van der Waals surface area contributed by atoms with Gasteiger partial charge in [-0.05, 0) is 40.2 Å². The zero-order valence-corrected chi connectivity index (χ0v) is 9.99. The third-order valence-corrected chi connectivity index (χ3v) is 2.64. The van der Waals surface area contributed by atoms with Gasteiger partial charge in [-0.1, -0.05) is 0 Å². The highest BCUT2D eigenvalue weighted by Gasteiger charge is 2.23. The molecular weight excluding hydrogens is 190 g/mol. The first-order valence-corrected chi connectivity index (χ1v) is 5.31. The molecule has 4 nitrogen and oxygen atoms in total. The highest BCUT2D eigenvalue weighted by molar-refractivity contribution is 5.07. The van der Waals surface area contributed by atoms with Crippen LogP contribution >= 0.6 is 0 Å². The van der Waals surface area contributed by atoms with Crippen LogP contribution in [-0.4, -0.2) is 27.0 Å². The summed E-state index contributed by atoms with van der Waals surface area (Å²) in [7, 11) is 0. The molecule has 4 heteroatoms. The Kier molecular flexibility index (Phi) is 3.52. The van der Waals surface area contributed by atoms with Crippen molar-refractivity contribution in [1.82, 2.24) is 9.78 Å². The molecule has 0 saturated carbocycles. The molecule has 0 radical (unpaired) electrons. The maximum Gasteiger partial charge on any atom is 0.0761 e.